The van der Waals surface area contributed by atoms with Gasteiger partial charge in [0.1, 0.15) is 0 Å². The van der Waals surface area contributed by atoms with E-state index in [1.807, 2.05) is 5.16 Å². The molecule has 2 aromatic rings. The molecule has 4 rings (SSSR count). The van der Waals surface area contributed by atoms with Gasteiger partial charge < -0.3 is 0 Å². The van der Waals surface area contributed by atoms with E-state index in [2.05, 4.69) is 116 Å². The zero-order valence-electron chi connectivity index (χ0n) is 26.1. The average molecular weight is 618 g/mol. The van der Waals surface area contributed by atoms with E-state index in [0.29, 0.717) is 0 Å². The second-order valence-corrected chi connectivity index (χ2v) is 33.3. The Morgan fingerprint density at radius 1 is 0.605 bits per heavy atom. The van der Waals surface area contributed by atoms with Gasteiger partial charge in [-0.25, -0.2) is 0 Å². The third kappa shape index (κ3) is 6.50. The molecule has 38 heavy (non-hydrogen) atoms. The molecular weight excluding hydrogens is 565 g/mol. The van der Waals surface area contributed by atoms with Gasteiger partial charge in [0.2, 0.25) is 0 Å². The Kier molecular flexibility index (Phi) is 9.71. The molecule has 203 valence electrons. The maximum absolute atomic E-state index is 2.64. The van der Waals surface area contributed by atoms with Crippen molar-refractivity contribution in [1.82, 2.24) is 0 Å². The standard InChI is InChI=1S/C13H30Si2.2C11H11.Y/c1-8-9-10-11-12-13(14(2,3)4)15(5,6)7;2*1-8-6-7-9(2)11-5-3-4-10(8)11;/h1,8-12H2,2-7H3;2*3-7H,1-2H3;. The van der Waals surface area contributed by atoms with Crippen molar-refractivity contribution >= 4 is 28.3 Å². The minimum atomic E-state index is -2.14. The fourth-order valence-electron chi connectivity index (χ4n) is 7.83. The number of hydrogen-bond acceptors (Lipinski definition) is 0. The SMILES string of the molecule is Cc1ccc(C)c2c1C=C[CH]2[Y]([CH2]CCCCC[C]([Si](C)(C)C)[Si](C)(C)C)[CH]1C=Cc2c(C)ccc(C)c21. The average Bonchev–Trinajstić information content (AvgIpc) is 3.46. The van der Waals surface area contributed by atoms with Gasteiger partial charge in [0.15, 0.2) is 0 Å². The fourth-order valence-corrected chi connectivity index (χ4v) is 29.6. The summed E-state index contributed by atoms with van der Waals surface area (Å²) in [5, 5.41) is 2.01. The zero-order chi connectivity index (χ0) is 27.8. The first-order valence-corrected chi connectivity index (χ1v) is 27.5. The van der Waals surface area contributed by atoms with Gasteiger partial charge in [0, 0.05) is 0 Å². The van der Waals surface area contributed by atoms with Crippen molar-refractivity contribution in [3.8, 4) is 0 Å². The molecule has 0 spiro atoms. The summed E-state index contributed by atoms with van der Waals surface area (Å²) in [6, 6.07) is 9.43. The molecule has 0 saturated heterocycles. The Hall–Kier alpha value is -0.542. The molecule has 3 heteroatoms. The maximum atomic E-state index is 2.64. The molecule has 0 nitrogen and oxygen atoms in total. The number of benzene rings is 2. The van der Waals surface area contributed by atoms with E-state index in [1.165, 1.54) is 57.6 Å². The molecule has 1 radical (unpaired) electrons. The Bertz CT molecular complexity index is 1120. The van der Waals surface area contributed by atoms with E-state index in [1.54, 1.807) is 22.3 Å². The second-order valence-electron chi connectivity index (χ2n) is 14.4. The van der Waals surface area contributed by atoms with Crippen molar-refractivity contribution in [1.29, 1.82) is 0 Å². The van der Waals surface area contributed by atoms with Crippen LogP contribution in [0.4, 0.5) is 0 Å². The zero-order valence-corrected chi connectivity index (χ0v) is 30.9. The number of rotatable bonds is 11. The van der Waals surface area contributed by atoms with Gasteiger partial charge in [0.25, 0.3) is 0 Å². The van der Waals surface area contributed by atoms with E-state index in [0.717, 1.165) is 5.46 Å². The summed E-state index contributed by atoms with van der Waals surface area (Å²) in [5.74, 6) is 0. The Labute approximate surface area is 247 Å². The molecule has 2 unspecified atom stereocenters. The summed E-state index contributed by atoms with van der Waals surface area (Å²) in [6.45, 7) is 24.8. The topological polar surface area (TPSA) is 0 Å². The first-order valence-electron chi connectivity index (χ1n) is 15.2. The van der Waals surface area contributed by atoms with E-state index in [4.69, 9.17) is 0 Å². The number of hydrogen-bond donors (Lipinski definition) is 0. The molecule has 0 fully saturated rings. The van der Waals surface area contributed by atoms with Crippen molar-refractivity contribution in [3.63, 3.8) is 0 Å². The van der Waals surface area contributed by atoms with Crippen LogP contribution in [0.5, 0.6) is 0 Å². The molecular formula is C35H52Si2Y. The molecule has 2 aromatic carbocycles. The third-order valence-electron chi connectivity index (χ3n) is 9.50. The molecule has 2 aliphatic rings. The first kappa shape index (κ1) is 30.4. The number of allylic oxidation sites excluding steroid dienone is 2. The van der Waals surface area contributed by atoms with Crippen LogP contribution in [0.25, 0.3) is 12.2 Å². The third-order valence-corrected chi connectivity index (χ3v) is 28.0. The minimum absolute atomic E-state index is 0.728. The molecule has 2 aliphatic carbocycles. The normalized spacial score (nSPS) is 18.4. The van der Waals surface area contributed by atoms with Crippen LogP contribution in [-0.2, 0) is 27.4 Å². The molecule has 2 atom stereocenters. The van der Waals surface area contributed by atoms with Crippen molar-refractivity contribution < 1.29 is 27.4 Å². The van der Waals surface area contributed by atoms with Crippen LogP contribution in [-0.4, -0.2) is 16.1 Å². The van der Waals surface area contributed by atoms with Gasteiger partial charge in [-0.2, -0.15) is 0 Å². The molecule has 0 aromatic heterocycles. The molecule has 0 aliphatic heterocycles. The Morgan fingerprint density at radius 2 is 1.03 bits per heavy atom. The molecule has 0 N–H and O–H groups in total. The van der Waals surface area contributed by atoms with Gasteiger partial charge >= 0.3 is 250 Å². The van der Waals surface area contributed by atoms with Gasteiger partial charge in [0.05, 0.1) is 0 Å². The molecule has 0 amide bonds. The van der Waals surface area contributed by atoms with Crippen LogP contribution >= 0.6 is 0 Å². The van der Waals surface area contributed by atoms with Crippen molar-refractivity contribution in [2.24, 2.45) is 0 Å². The molecule has 0 heterocycles. The van der Waals surface area contributed by atoms with Crippen molar-refractivity contribution in [2.75, 3.05) is 0 Å². The van der Waals surface area contributed by atoms with Crippen LogP contribution in [0, 0.1) is 32.9 Å². The van der Waals surface area contributed by atoms with Crippen LogP contribution in [0.1, 0.15) is 82.1 Å². The predicted molar refractivity (Wildman–Crippen MR) is 173 cm³/mol. The van der Waals surface area contributed by atoms with E-state index in [-0.39, 0.29) is 0 Å². The van der Waals surface area contributed by atoms with Crippen LogP contribution in [0.3, 0.4) is 0 Å². The van der Waals surface area contributed by atoms with E-state index < -0.39 is 43.6 Å². The van der Waals surface area contributed by atoms with Crippen LogP contribution < -0.4 is 0 Å². The number of aryl methyl sites for hydroxylation is 4. The number of unbranched alkanes of at least 4 members (excludes halogenated alkanes) is 3. The quantitative estimate of drug-likeness (QED) is 0.174. The Morgan fingerprint density at radius 3 is 1.47 bits per heavy atom. The molecule has 0 saturated carbocycles. The summed E-state index contributed by atoms with van der Waals surface area (Å²) in [7, 11) is -2.32. The Balaban J connectivity index is 1.50. The summed E-state index contributed by atoms with van der Waals surface area (Å²) in [6.07, 6.45) is 17.4. The van der Waals surface area contributed by atoms with E-state index >= 15 is 0 Å². The summed E-state index contributed by atoms with van der Waals surface area (Å²) in [5.41, 5.74) is 12.4. The predicted octanol–water partition coefficient (Wildman–Crippen LogP) is 11.1. The number of fused-ring (bicyclic) bond motifs is 2. The van der Waals surface area contributed by atoms with Crippen LogP contribution in [0.15, 0.2) is 36.4 Å². The summed E-state index contributed by atoms with van der Waals surface area (Å²) >= 11 is -2.14. The first-order chi connectivity index (χ1) is 17.8. The van der Waals surface area contributed by atoms with Crippen molar-refractivity contribution in [2.45, 2.75) is 108 Å². The van der Waals surface area contributed by atoms with Crippen molar-refractivity contribution in [3.05, 3.63) is 86.1 Å². The fraction of sp³-hybridized carbons (Fsp3) is 0.514. The van der Waals surface area contributed by atoms with Gasteiger partial charge in [-0.05, 0) is 0 Å². The van der Waals surface area contributed by atoms with Crippen LogP contribution in [0.2, 0.25) is 42.5 Å². The monoisotopic (exact) mass is 617 g/mol. The van der Waals surface area contributed by atoms with Gasteiger partial charge in [-0.3, -0.25) is 0 Å². The van der Waals surface area contributed by atoms with E-state index in [9.17, 15) is 0 Å². The second kappa shape index (κ2) is 12.1. The summed E-state index contributed by atoms with van der Waals surface area (Å²) in [4.78, 5) is 0. The van der Waals surface area contributed by atoms with Gasteiger partial charge in [-0.1, -0.05) is 0 Å². The van der Waals surface area contributed by atoms with Gasteiger partial charge in [-0.15, -0.1) is 0 Å². The molecule has 0 bridgehead atoms. The summed E-state index contributed by atoms with van der Waals surface area (Å²) < 4.78 is 2.97.